The summed E-state index contributed by atoms with van der Waals surface area (Å²) < 4.78 is 32.5. The normalized spacial score (nSPS) is 11.9. The van der Waals surface area contributed by atoms with Crippen LogP contribution in [0.4, 0.5) is 36.0 Å². The van der Waals surface area contributed by atoms with Crippen LogP contribution in [0.3, 0.4) is 0 Å². The maximum atomic E-state index is 16.4. The number of anilines is 3. The lowest BCUT2D eigenvalue weighted by Crippen LogP contribution is -2.44. The van der Waals surface area contributed by atoms with Gasteiger partial charge in [-0.1, -0.05) is 36.4 Å². The van der Waals surface area contributed by atoms with Crippen molar-refractivity contribution in [3.8, 4) is 6.07 Å². The molecule has 3 amide bonds. The van der Waals surface area contributed by atoms with Crippen LogP contribution in [0.5, 0.6) is 0 Å². The number of nitrogens with one attached hydrogen (secondary N) is 2. The summed E-state index contributed by atoms with van der Waals surface area (Å²) in [5.41, 5.74) is -0.459. The van der Waals surface area contributed by atoms with Gasteiger partial charge < -0.3 is 24.6 Å². The minimum absolute atomic E-state index is 0.0198. The molecule has 0 saturated heterocycles. The molecule has 51 heavy (non-hydrogen) atoms. The lowest BCUT2D eigenvalue weighted by Gasteiger charge is -2.28. The van der Waals surface area contributed by atoms with Crippen LogP contribution in [0.1, 0.15) is 64.3 Å². The monoisotopic (exact) mass is 699 g/mol. The van der Waals surface area contributed by atoms with E-state index in [1.807, 2.05) is 6.07 Å². The standard InChI is InChI=1S/C37H38FN5O8/c1-36(2,3)50-34(47)43(35(48)51-37(4,5)6)31-28-24(16-18-40-31)14-15-27(29(28)38)42-30(32(44)45)25-12-10-22(11-13-25)17-19-49-33(46)41-26-9-7-8-23(20-26)21-39/h7-16,18,20,30,42H,17,19H2,1-6H3,(H,41,46)(H,44,45). The fraction of sp³-hybridized carbons (Fsp3) is 0.297. The molecule has 3 aromatic carbocycles. The molecule has 13 nitrogen and oxygen atoms in total. The number of amides is 3. The second kappa shape index (κ2) is 15.5. The Balaban J connectivity index is 1.55. The number of aliphatic carboxylic acids is 1. The van der Waals surface area contributed by atoms with E-state index in [9.17, 15) is 24.3 Å². The van der Waals surface area contributed by atoms with Gasteiger partial charge in [-0.3, -0.25) is 5.32 Å². The lowest BCUT2D eigenvalue weighted by molar-refractivity contribution is -0.138. The fourth-order valence-electron chi connectivity index (χ4n) is 4.76. The highest BCUT2D eigenvalue weighted by Crippen LogP contribution is 2.34. The minimum Gasteiger partial charge on any atom is -0.479 e. The van der Waals surface area contributed by atoms with Gasteiger partial charge in [-0.25, -0.2) is 28.6 Å². The Morgan fingerprint density at radius 3 is 2.18 bits per heavy atom. The van der Waals surface area contributed by atoms with Crippen molar-refractivity contribution in [1.82, 2.24) is 4.98 Å². The quantitative estimate of drug-likeness (QED) is 0.144. The molecular formula is C37H38FN5O8. The molecule has 0 aliphatic rings. The summed E-state index contributed by atoms with van der Waals surface area (Å²) in [7, 11) is 0. The Bertz CT molecular complexity index is 1950. The SMILES string of the molecule is CC(C)(C)OC(=O)N(C(=O)OC(C)(C)C)c1nccc2ccc(NC(C(=O)O)c3ccc(CCOC(=O)Nc4cccc(C#N)c4)cc3)c(F)c12. The molecule has 0 radical (unpaired) electrons. The van der Waals surface area contributed by atoms with Gasteiger partial charge in [-0.2, -0.15) is 10.2 Å². The van der Waals surface area contributed by atoms with Gasteiger partial charge in [0.1, 0.15) is 11.2 Å². The number of carboxylic acids is 1. The van der Waals surface area contributed by atoms with E-state index in [1.165, 1.54) is 30.5 Å². The maximum Gasteiger partial charge on any atom is 0.425 e. The van der Waals surface area contributed by atoms with Crippen LogP contribution in [0, 0.1) is 17.1 Å². The molecule has 3 N–H and O–H groups in total. The number of pyridine rings is 1. The number of nitrogens with zero attached hydrogens (tertiary/aromatic N) is 3. The third-order valence-corrected chi connectivity index (χ3v) is 6.93. The zero-order valence-electron chi connectivity index (χ0n) is 28.9. The molecule has 4 aromatic rings. The molecule has 1 unspecified atom stereocenters. The molecule has 0 spiro atoms. The molecular weight excluding hydrogens is 661 g/mol. The number of carbonyl (C=O) groups is 4. The number of rotatable bonds is 9. The number of hydrogen-bond acceptors (Lipinski definition) is 10. The van der Waals surface area contributed by atoms with E-state index in [4.69, 9.17) is 19.5 Å². The third kappa shape index (κ3) is 10.1. The van der Waals surface area contributed by atoms with E-state index in [0.29, 0.717) is 22.6 Å². The van der Waals surface area contributed by atoms with Crippen molar-refractivity contribution in [1.29, 1.82) is 5.26 Å². The number of fused-ring (bicyclic) bond motifs is 1. The van der Waals surface area contributed by atoms with Crippen molar-refractivity contribution in [2.45, 2.75) is 65.2 Å². The van der Waals surface area contributed by atoms with Crippen LogP contribution in [0.2, 0.25) is 0 Å². The number of hydrogen-bond donors (Lipinski definition) is 3. The third-order valence-electron chi connectivity index (χ3n) is 6.93. The highest BCUT2D eigenvalue weighted by atomic mass is 19.1. The molecule has 0 aliphatic heterocycles. The van der Waals surface area contributed by atoms with E-state index < -0.39 is 53.1 Å². The van der Waals surface area contributed by atoms with Gasteiger partial charge in [0.2, 0.25) is 0 Å². The largest absolute Gasteiger partial charge is 0.479 e. The molecule has 1 atom stereocenters. The molecule has 1 heterocycles. The molecule has 4 rings (SSSR count). The van der Waals surface area contributed by atoms with Gasteiger partial charge in [0.05, 0.1) is 29.3 Å². The van der Waals surface area contributed by atoms with Gasteiger partial charge >= 0.3 is 24.2 Å². The first-order valence-corrected chi connectivity index (χ1v) is 15.8. The molecule has 1 aromatic heterocycles. The zero-order chi connectivity index (χ0) is 37.5. The van der Waals surface area contributed by atoms with Gasteiger partial charge in [0.25, 0.3) is 0 Å². The van der Waals surface area contributed by atoms with E-state index >= 15 is 4.39 Å². The Labute approximate surface area is 293 Å². The summed E-state index contributed by atoms with van der Waals surface area (Å²) in [5, 5.41) is 24.4. The highest BCUT2D eigenvalue weighted by molar-refractivity contribution is 6.14. The van der Waals surface area contributed by atoms with Gasteiger partial charge in [-0.05, 0) is 88.4 Å². The van der Waals surface area contributed by atoms with Gasteiger partial charge in [0, 0.05) is 18.3 Å². The summed E-state index contributed by atoms with van der Waals surface area (Å²) in [6, 6.07) is 17.7. The molecule has 0 fully saturated rings. The summed E-state index contributed by atoms with van der Waals surface area (Å²) >= 11 is 0. The number of ether oxygens (including phenoxy) is 3. The Kier molecular flexibility index (Phi) is 11.5. The summed E-state index contributed by atoms with van der Waals surface area (Å²) in [4.78, 5) is 55.9. The van der Waals surface area contributed by atoms with Gasteiger partial charge in [0.15, 0.2) is 17.7 Å². The van der Waals surface area contributed by atoms with Crippen molar-refractivity contribution < 1.29 is 42.9 Å². The van der Waals surface area contributed by atoms with Crippen molar-refractivity contribution in [2.24, 2.45) is 0 Å². The zero-order valence-corrected chi connectivity index (χ0v) is 28.9. The second-order valence-electron chi connectivity index (χ2n) is 13.3. The fourth-order valence-corrected chi connectivity index (χ4v) is 4.76. The maximum absolute atomic E-state index is 16.4. The van der Waals surface area contributed by atoms with Gasteiger partial charge in [-0.15, -0.1) is 0 Å². The van der Waals surface area contributed by atoms with E-state index in [2.05, 4.69) is 15.6 Å². The summed E-state index contributed by atoms with van der Waals surface area (Å²) in [5.74, 6) is -2.68. The van der Waals surface area contributed by atoms with E-state index in [-0.39, 0.29) is 28.6 Å². The number of aromatic nitrogens is 1. The summed E-state index contributed by atoms with van der Waals surface area (Å²) in [6.07, 6.45) is -1.38. The Morgan fingerprint density at radius 2 is 1.59 bits per heavy atom. The van der Waals surface area contributed by atoms with Crippen molar-refractivity contribution in [2.75, 3.05) is 22.1 Å². The van der Waals surface area contributed by atoms with Crippen molar-refractivity contribution in [3.63, 3.8) is 0 Å². The van der Waals surface area contributed by atoms with Crippen LogP contribution in [0.25, 0.3) is 10.8 Å². The first-order chi connectivity index (χ1) is 24.0. The van der Waals surface area contributed by atoms with Crippen LogP contribution < -0.4 is 15.5 Å². The van der Waals surface area contributed by atoms with Crippen LogP contribution in [-0.4, -0.2) is 52.1 Å². The van der Waals surface area contributed by atoms with Crippen LogP contribution in [-0.2, 0) is 25.4 Å². The number of halogens is 1. The first-order valence-electron chi connectivity index (χ1n) is 15.8. The molecule has 14 heteroatoms. The molecule has 0 bridgehead atoms. The Morgan fingerprint density at radius 1 is 0.941 bits per heavy atom. The van der Waals surface area contributed by atoms with E-state index in [0.717, 1.165) is 5.56 Å². The number of carboxylic acid groups (broad SMARTS) is 1. The predicted octanol–water partition coefficient (Wildman–Crippen LogP) is 7.95. The number of benzene rings is 3. The number of carbonyl (C=O) groups excluding carboxylic acids is 3. The first kappa shape index (κ1) is 37.6. The molecule has 0 aliphatic carbocycles. The average Bonchev–Trinajstić information content (AvgIpc) is 3.03. The summed E-state index contributed by atoms with van der Waals surface area (Å²) in [6.45, 7) is 9.62. The van der Waals surface area contributed by atoms with Crippen LogP contribution >= 0.6 is 0 Å². The molecule has 266 valence electrons. The predicted molar refractivity (Wildman–Crippen MR) is 187 cm³/mol. The number of imide groups is 1. The lowest BCUT2D eigenvalue weighted by atomic mass is 10.0. The topological polar surface area (TPSA) is 180 Å². The second-order valence-corrected chi connectivity index (χ2v) is 13.3. The van der Waals surface area contributed by atoms with E-state index in [1.54, 1.807) is 84.0 Å². The molecule has 0 saturated carbocycles. The van der Waals surface area contributed by atoms with Crippen LogP contribution in [0.15, 0.2) is 72.9 Å². The van der Waals surface area contributed by atoms with Crippen molar-refractivity contribution in [3.05, 3.63) is 95.4 Å². The van der Waals surface area contributed by atoms with Crippen molar-refractivity contribution >= 4 is 52.2 Å². The average molecular weight is 700 g/mol. The number of nitriles is 1. The Hall–Kier alpha value is -6.23. The smallest absolute Gasteiger partial charge is 0.425 e. The minimum atomic E-state index is -1.41. The highest BCUT2D eigenvalue weighted by Gasteiger charge is 2.35.